The molecular formula is C15H24O5. The lowest BCUT2D eigenvalue weighted by atomic mass is 9.94. The summed E-state index contributed by atoms with van der Waals surface area (Å²) in [6.45, 7) is 9.96. The van der Waals surface area contributed by atoms with E-state index in [-0.39, 0.29) is 11.5 Å². The summed E-state index contributed by atoms with van der Waals surface area (Å²) >= 11 is 0. The van der Waals surface area contributed by atoms with E-state index in [9.17, 15) is 4.79 Å². The Morgan fingerprint density at radius 3 is 2.40 bits per heavy atom. The van der Waals surface area contributed by atoms with Crippen molar-refractivity contribution in [2.24, 2.45) is 5.41 Å². The van der Waals surface area contributed by atoms with Crippen molar-refractivity contribution in [2.75, 3.05) is 7.11 Å². The summed E-state index contributed by atoms with van der Waals surface area (Å²) in [5, 5.41) is 0. The predicted molar refractivity (Wildman–Crippen MR) is 73.1 cm³/mol. The monoisotopic (exact) mass is 284 g/mol. The van der Waals surface area contributed by atoms with E-state index in [4.69, 9.17) is 18.9 Å². The van der Waals surface area contributed by atoms with Crippen LogP contribution in [-0.2, 0) is 23.7 Å². The first-order valence-corrected chi connectivity index (χ1v) is 6.91. The Labute approximate surface area is 120 Å². The van der Waals surface area contributed by atoms with Crippen LogP contribution in [0.3, 0.4) is 0 Å². The van der Waals surface area contributed by atoms with Gasteiger partial charge in [0.15, 0.2) is 18.0 Å². The standard InChI is InChI=1S/C15H24O5/c1-14(2,3)8-7-9-10-11(20-15(4,5)19-9)12(17-6)13(16)18-10/h7-12H,1-6H3/t9-,10-,11?,12?/m1/s1. The van der Waals surface area contributed by atoms with Crippen molar-refractivity contribution in [1.29, 1.82) is 0 Å². The number of fused-ring (bicyclic) bond motifs is 1. The molecule has 0 N–H and O–H groups in total. The van der Waals surface area contributed by atoms with E-state index in [1.807, 2.05) is 19.9 Å². The van der Waals surface area contributed by atoms with E-state index >= 15 is 0 Å². The van der Waals surface area contributed by atoms with Crippen LogP contribution in [0.15, 0.2) is 12.2 Å². The Morgan fingerprint density at radius 1 is 1.20 bits per heavy atom. The Morgan fingerprint density at radius 2 is 1.85 bits per heavy atom. The topological polar surface area (TPSA) is 54.0 Å². The number of ether oxygens (including phenoxy) is 4. The number of methoxy groups -OCH3 is 1. The van der Waals surface area contributed by atoms with Crippen LogP contribution in [0.4, 0.5) is 0 Å². The molecule has 0 saturated carbocycles. The molecule has 4 atom stereocenters. The van der Waals surface area contributed by atoms with Gasteiger partial charge in [-0.2, -0.15) is 0 Å². The number of carbonyl (C=O) groups excluding carboxylic acids is 1. The molecule has 2 aliphatic heterocycles. The third kappa shape index (κ3) is 3.22. The minimum atomic E-state index is -0.779. The second-order valence-electron chi connectivity index (χ2n) is 6.85. The molecule has 0 aliphatic carbocycles. The summed E-state index contributed by atoms with van der Waals surface area (Å²) < 4.78 is 22.3. The third-order valence-electron chi connectivity index (χ3n) is 3.31. The first kappa shape index (κ1) is 15.5. The summed E-state index contributed by atoms with van der Waals surface area (Å²) in [6.07, 6.45) is 2.10. The van der Waals surface area contributed by atoms with Gasteiger partial charge < -0.3 is 18.9 Å². The van der Waals surface area contributed by atoms with Gasteiger partial charge >= 0.3 is 5.97 Å². The largest absolute Gasteiger partial charge is 0.454 e. The minimum absolute atomic E-state index is 0.0323. The van der Waals surface area contributed by atoms with Crippen molar-refractivity contribution in [3.63, 3.8) is 0 Å². The number of carbonyl (C=O) groups is 1. The molecule has 0 amide bonds. The Kier molecular flexibility index (Phi) is 3.97. The van der Waals surface area contributed by atoms with Gasteiger partial charge in [-0.25, -0.2) is 4.79 Å². The summed E-state index contributed by atoms with van der Waals surface area (Å²) in [5.74, 6) is -1.17. The average molecular weight is 284 g/mol. The second kappa shape index (κ2) is 5.13. The molecule has 2 unspecified atom stereocenters. The Hall–Kier alpha value is -0.910. The van der Waals surface area contributed by atoms with Gasteiger partial charge in [0, 0.05) is 7.11 Å². The molecule has 114 valence electrons. The van der Waals surface area contributed by atoms with Crippen molar-refractivity contribution in [2.45, 2.75) is 64.8 Å². The third-order valence-corrected chi connectivity index (χ3v) is 3.31. The van der Waals surface area contributed by atoms with Crippen LogP contribution in [0, 0.1) is 5.41 Å². The smallest absolute Gasteiger partial charge is 0.338 e. The van der Waals surface area contributed by atoms with E-state index in [0.29, 0.717) is 0 Å². The van der Waals surface area contributed by atoms with Gasteiger partial charge in [0.1, 0.15) is 12.2 Å². The zero-order valence-corrected chi connectivity index (χ0v) is 13.0. The first-order valence-electron chi connectivity index (χ1n) is 6.91. The van der Waals surface area contributed by atoms with Crippen molar-refractivity contribution in [3.8, 4) is 0 Å². The molecular weight excluding hydrogens is 260 g/mol. The number of esters is 1. The number of allylic oxidation sites excluding steroid dienone is 1. The van der Waals surface area contributed by atoms with Crippen LogP contribution in [0.5, 0.6) is 0 Å². The lowest BCUT2D eigenvalue weighted by molar-refractivity contribution is -0.318. The normalized spacial score (nSPS) is 37.0. The molecule has 2 rings (SSSR count). The predicted octanol–water partition coefficient (Wildman–Crippen LogP) is 2.05. The summed E-state index contributed by atoms with van der Waals surface area (Å²) in [7, 11) is 1.49. The van der Waals surface area contributed by atoms with Gasteiger partial charge in [-0.15, -0.1) is 0 Å². The van der Waals surface area contributed by atoms with Gasteiger partial charge in [0.25, 0.3) is 0 Å². The highest BCUT2D eigenvalue weighted by atomic mass is 16.8. The maximum atomic E-state index is 11.8. The number of hydrogen-bond donors (Lipinski definition) is 0. The van der Waals surface area contributed by atoms with Crippen molar-refractivity contribution in [3.05, 3.63) is 12.2 Å². The van der Waals surface area contributed by atoms with Crippen LogP contribution in [0.2, 0.25) is 0 Å². The maximum absolute atomic E-state index is 11.8. The van der Waals surface area contributed by atoms with Crippen LogP contribution < -0.4 is 0 Å². The maximum Gasteiger partial charge on any atom is 0.338 e. The highest BCUT2D eigenvalue weighted by molar-refractivity contribution is 5.78. The fourth-order valence-electron chi connectivity index (χ4n) is 2.47. The number of hydrogen-bond acceptors (Lipinski definition) is 5. The van der Waals surface area contributed by atoms with E-state index in [0.717, 1.165) is 0 Å². The molecule has 5 nitrogen and oxygen atoms in total. The molecule has 2 aliphatic rings. The van der Waals surface area contributed by atoms with Crippen LogP contribution in [0.1, 0.15) is 34.6 Å². The highest BCUT2D eigenvalue weighted by Gasteiger charge is 2.55. The van der Waals surface area contributed by atoms with E-state index in [2.05, 4.69) is 26.8 Å². The number of rotatable bonds is 2. The van der Waals surface area contributed by atoms with Crippen LogP contribution in [-0.4, -0.2) is 43.3 Å². The molecule has 5 heteroatoms. The molecule has 0 spiro atoms. The first-order chi connectivity index (χ1) is 9.13. The zero-order valence-electron chi connectivity index (χ0n) is 13.0. The molecule has 2 fully saturated rings. The molecule has 0 aromatic carbocycles. The molecule has 0 aromatic heterocycles. The van der Waals surface area contributed by atoms with E-state index in [1.165, 1.54) is 7.11 Å². The van der Waals surface area contributed by atoms with Gasteiger partial charge in [0.05, 0.1) is 0 Å². The summed E-state index contributed by atoms with van der Waals surface area (Å²) in [5.41, 5.74) is 0.0323. The fourth-order valence-corrected chi connectivity index (χ4v) is 2.47. The van der Waals surface area contributed by atoms with E-state index in [1.54, 1.807) is 0 Å². The zero-order chi connectivity index (χ0) is 15.1. The molecule has 0 bridgehead atoms. The highest BCUT2D eigenvalue weighted by Crippen LogP contribution is 2.36. The molecule has 0 aromatic rings. The average Bonchev–Trinajstić information content (AvgIpc) is 2.59. The molecule has 2 saturated heterocycles. The van der Waals surface area contributed by atoms with E-state index < -0.39 is 30.1 Å². The Balaban J connectivity index is 2.24. The molecule has 0 radical (unpaired) electrons. The van der Waals surface area contributed by atoms with Crippen LogP contribution in [0.25, 0.3) is 0 Å². The van der Waals surface area contributed by atoms with Gasteiger partial charge in [0.2, 0.25) is 0 Å². The Bertz CT molecular complexity index is 407. The SMILES string of the molecule is COC1C(=O)O[C@H]2C1OC(C)(C)O[C@@H]2C=CC(C)(C)C. The van der Waals surface area contributed by atoms with Gasteiger partial charge in [-0.3, -0.25) is 0 Å². The van der Waals surface area contributed by atoms with Crippen molar-refractivity contribution in [1.82, 2.24) is 0 Å². The second-order valence-corrected chi connectivity index (χ2v) is 6.85. The summed E-state index contributed by atoms with van der Waals surface area (Å²) in [6, 6.07) is 0. The lowest BCUT2D eigenvalue weighted by Gasteiger charge is -2.41. The van der Waals surface area contributed by atoms with Gasteiger partial charge in [-0.1, -0.05) is 32.9 Å². The van der Waals surface area contributed by atoms with Crippen LogP contribution >= 0.6 is 0 Å². The molecule has 2 heterocycles. The summed E-state index contributed by atoms with van der Waals surface area (Å²) in [4.78, 5) is 11.8. The minimum Gasteiger partial charge on any atom is -0.454 e. The van der Waals surface area contributed by atoms with Crippen molar-refractivity contribution >= 4 is 5.97 Å². The van der Waals surface area contributed by atoms with Crippen molar-refractivity contribution < 1.29 is 23.7 Å². The lowest BCUT2D eigenvalue weighted by Crippen LogP contribution is -2.54. The quantitative estimate of drug-likeness (QED) is 0.574. The fraction of sp³-hybridized carbons (Fsp3) is 0.800. The molecule has 20 heavy (non-hydrogen) atoms. The van der Waals surface area contributed by atoms with Gasteiger partial charge in [-0.05, 0) is 19.3 Å².